The first-order valence-corrected chi connectivity index (χ1v) is 10.3. The van der Waals surface area contributed by atoms with E-state index in [9.17, 15) is 9.59 Å². The summed E-state index contributed by atoms with van der Waals surface area (Å²) in [5.74, 6) is 0.438. The molecule has 0 aliphatic carbocycles. The van der Waals surface area contributed by atoms with Gasteiger partial charge in [-0.1, -0.05) is 24.3 Å². The van der Waals surface area contributed by atoms with Gasteiger partial charge in [0.15, 0.2) is 0 Å². The van der Waals surface area contributed by atoms with E-state index in [1.165, 1.54) is 6.08 Å². The Labute approximate surface area is 187 Å². The van der Waals surface area contributed by atoms with E-state index in [-0.39, 0.29) is 29.1 Å². The summed E-state index contributed by atoms with van der Waals surface area (Å²) in [4.78, 5) is 30.2. The molecule has 0 saturated carbocycles. The quantitative estimate of drug-likeness (QED) is 0.349. The molecule has 2 amide bonds. The Morgan fingerprint density at radius 3 is 2.31 bits per heavy atom. The van der Waals surface area contributed by atoms with Crippen LogP contribution in [0.5, 0.6) is 11.5 Å². The number of nitrogens with two attached hydrogens (primary N) is 3. The number of hydrogen-bond acceptors (Lipinski definition) is 5. The van der Waals surface area contributed by atoms with Gasteiger partial charge >= 0.3 is 0 Å². The van der Waals surface area contributed by atoms with Gasteiger partial charge in [0, 0.05) is 13.1 Å². The highest BCUT2D eigenvalue weighted by atomic mass is 16.5. The molecule has 1 saturated heterocycles. The molecule has 8 nitrogen and oxygen atoms in total. The van der Waals surface area contributed by atoms with Gasteiger partial charge in [-0.05, 0) is 61.4 Å². The van der Waals surface area contributed by atoms with Gasteiger partial charge in [0.05, 0.1) is 11.7 Å². The summed E-state index contributed by atoms with van der Waals surface area (Å²) < 4.78 is 5.77. The van der Waals surface area contributed by atoms with Crippen molar-refractivity contribution in [1.29, 1.82) is 0 Å². The molecule has 32 heavy (non-hydrogen) atoms. The fourth-order valence-corrected chi connectivity index (χ4v) is 3.43. The summed E-state index contributed by atoms with van der Waals surface area (Å²) in [6.45, 7) is 2.77. The van der Waals surface area contributed by atoms with Crippen molar-refractivity contribution in [2.45, 2.75) is 19.4 Å². The molecule has 1 unspecified atom stereocenters. The minimum Gasteiger partial charge on any atom is -0.457 e. The topological polar surface area (TPSA) is 137 Å². The monoisotopic (exact) mass is 433 g/mol. The second kappa shape index (κ2) is 10.3. The first kappa shape index (κ1) is 22.6. The summed E-state index contributed by atoms with van der Waals surface area (Å²) in [6.07, 6.45) is 3.84. The van der Waals surface area contributed by atoms with Crippen LogP contribution in [0.4, 0.5) is 0 Å². The molecule has 6 N–H and O–H groups in total. The van der Waals surface area contributed by atoms with Crippen LogP contribution < -0.4 is 21.9 Å². The van der Waals surface area contributed by atoms with Crippen molar-refractivity contribution >= 4 is 23.3 Å². The van der Waals surface area contributed by atoms with Crippen LogP contribution in [0.1, 0.15) is 18.9 Å². The SMILES string of the molecule is C/C=C/C(=O)N1CCC(N=C(N)C(C(N)=O)=C(N)c2ccc(Oc3ccccc3)cc2)C1. The lowest BCUT2D eigenvalue weighted by molar-refractivity contribution is -0.125. The molecule has 0 aromatic heterocycles. The Hall–Kier alpha value is -4.07. The second-order valence-electron chi connectivity index (χ2n) is 7.33. The van der Waals surface area contributed by atoms with Crippen molar-refractivity contribution in [3.63, 3.8) is 0 Å². The second-order valence-corrected chi connectivity index (χ2v) is 7.33. The zero-order valence-electron chi connectivity index (χ0n) is 17.9. The predicted octanol–water partition coefficient (Wildman–Crippen LogP) is 2.17. The predicted molar refractivity (Wildman–Crippen MR) is 125 cm³/mol. The van der Waals surface area contributed by atoms with E-state index in [0.29, 0.717) is 36.6 Å². The van der Waals surface area contributed by atoms with Gasteiger partial charge in [-0.3, -0.25) is 14.6 Å². The van der Waals surface area contributed by atoms with E-state index >= 15 is 0 Å². The van der Waals surface area contributed by atoms with Crippen molar-refractivity contribution < 1.29 is 14.3 Å². The maximum Gasteiger partial charge on any atom is 0.254 e. The van der Waals surface area contributed by atoms with Gasteiger partial charge in [0.1, 0.15) is 22.9 Å². The van der Waals surface area contributed by atoms with Crippen molar-refractivity contribution in [3.8, 4) is 11.5 Å². The Morgan fingerprint density at radius 2 is 1.69 bits per heavy atom. The van der Waals surface area contributed by atoms with Crippen LogP contribution in [0.3, 0.4) is 0 Å². The summed E-state index contributed by atoms with van der Waals surface area (Å²) in [5.41, 5.74) is 18.6. The third kappa shape index (κ3) is 5.54. The van der Waals surface area contributed by atoms with E-state index in [1.54, 1.807) is 42.2 Å². The smallest absolute Gasteiger partial charge is 0.254 e. The van der Waals surface area contributed by atoms with Gasteiger partial charge < -0.3 is 26.8 Å². The number of primary amides is 1. The van der Waals surface area contributed by atoms with Crippen LogP contribution >= 0.6 is 0 Å². The van der Waals surface area contributed by atoms with Crippen molar-refractivity contribution in [3.05, 3.63) is 77.9 Å². The van der Waals surface area contributed by atoms with Gasteiger partial charge in [0.25, 0.3) is 5.91 Å². The Kier molecular flexibility index (Phi) is 7.28. The molecule has 166 valence electrons. The standard InChI is InChI=1S/C24H27N5O3/c1-2-6-20(30)29-14-13-17(15-29)28-23(26)21(24(27)31)22(25)16-9-11-19(12-10-16)32-18-7-4-3-5-8-18/h2-12,17H,13-15,25H2,1H3,(H2,26,28)(H2,27,31)/b6-2+,22-21?. The Balaban J connectivity index is 1.78. The summed E-state index contributed by atoms with van der Waals surface area (Å²) in [6, 6.07) is 16.0. The highest BCUT2D eigenvalue weighted by molar-refractivity contribution is 6.24. The van der Waals surface area contributed by atoms with E-state index in [4.69, 9.17) is 21.9 Å². The van der Waals surface area contributed by atoms with E-state index < -0.39 is 5.91 Å². The zero-order chi connectivity index (χ0) is 23.1. The number of amidine groups is 1. The number of nitrogens with zero attached hydrogens (tertiary/aromatic N) is 2. The van der Waals surface area contributed by atoms with Crippen molar-refractivity contribution in [2.75, 3.05) is 13.1 Å². The number of carbonyl (C=O) groups excluding carboxylic acids is 2. The lowest BCUT2D eigenvalue weighted by Crippen LogP contribution is -2.32. The van der Waals surface area contributed by atoms with Crippen LogP contribution in [0.25, 0.3) is 5.70 Å². The molecular weight excluding hydrogens is 406 g/mol. The number of hydrogen-bond donors (Lipinski definition) is 3. The number of aliphatic imine (C=N–C) groups is 1. The molecule has 3 rings (SSSR count). The number of ether oxygens (including phenoxy) is 1. The lowest BCUT2D eigenvalue weighted by Gasteiger charge is -2.14. The minimum atomic E-state index is -0.770. The number of allylic oxidation sites excluding steroid dienone is 1. The van der Waals surface area contributed by atoms with Crippen LogP contribution in [0.2, 0.25) is 0 Å². The van der Waals surface area contributed by atoms with Crippen molar-refractivity contribution in [2.24, 2.45) is 22.2 Å². The molecule has 1 aliphatic heterocycles. The average Bonchev–Trinajstić information content (AvgIpc) is 3.23. The number of carbonyl (C=O) groups is 2. The van der Waals surface area contributed by atoms with Crippen LogP contribution in [-0.4, -0.2) is 41.7 Å². The molecule has 2 aromatic carbocycles. The molecular formula is C24H27N5O3. The molecule has 0 radical (unpaired) electrons. The number of rotatable bonds is 7. The van der Waals surface area contributed by atoms with Gasteiger partial charge in [-0.25, -0.2) is 0 Å². The molecule has 1 fully saturated rings. The minimum absolute atomic E-state index is 0.0371. The average molecular weight is 434 g/mol. The van der Waals surface area contributed by atoms with Gasteiger partial charge in [0.2, 0.25) is 5.91 Å². The van der Waals surface area contributed by atoms with E-state index in [1.807, 2.05) is 30.3 Å². The van der Waals surface area contributed by atoms with Gasteiger partial charge in [-0.2, -0.15) is 0 Å². The molecule has 2 aromatic rings. The fraction of sp³-hybridized carbons (Fsp3) is 0.208. The molecule has 0 spiro atoms. The Morgan fingerprint density at radius 1 is 1.03 bits per heavy atom. The highest BCUT2D eigenvalue weighted by Crippen LogP contribution is 2.24. The normalized spacial score (nSPS) is 17.3. The van der Waals surface area contributed by atoms with Crippen LogP contribution in [-0.2, 0) is 9.59 Å². The van der Waals surface area contributed by atoms with Crippen LogP contribution in [0.15, 0.2) is 77.3 Å². The number of benzene rings is 2. The maximum atomic E-state index is 12.1. The van der Waals surface area contributed by atoms with Gasteiger partial charge in [-0.15, -0.1) is 0 Å². The number of para-hydroxylation sites is 1. The summed E-state index contributed by atoms with van der Waals surface area (Å²) in [5, 5.41) is 0. The molecule has 8 heteroatoms. The summed E-state index contributed by atoms with van der Waals surface area (Å²) in [7, 11) is 0. The molecule has 1 aliphatic rings. The fourth-order valence-electron chi connectivity index (χ4n) is 3.43. The molecule has 1 heterocycles. The number of amides is 2. The first-order chi connectivity index (χ1) is 15.4. The maximum absolute atomic E-state index is 12.1. The largest absolute Gasteiger partial charge is 0.457 e. The Bertz CT molecular complexity index is 1060. The van der Waals surface area contributed by atoms with Crippen molar-refractivity contribution in [1.82, 2.24) is 4.90 Å². The van der Waals surface area contributed by atoms with E-state index in [2.05, 4.69) is 4.99 Å². The van der Waals surface area contributed by atoms with Crippen LogP contribution in [0, 0.1) is 0 Å². The molecule has 0 bridgehead atoms. The summed E-state index contributed by atoms with van der Waals surface area (Å²) >= 11 is 0. The third-order valence-electron chi connectivity index (χ3n) is 5.02. The number of likely N-dealkylation sites (tertiary alicyclic amines) is 1. The lowest BCUT2D eigenvalue weighted by atomic mass is 10.0. The molecule has 1 atom stereocenters. The highest BCUT2D eigenvalue weighted by Gasteiger charge is 2.26. The third-order valence-corrected chi connectivity index (χ3v) is 5.02. The zero-order valence-corrected chi connectivity index (χ0v) is 17.9. The van der Waals surface area contributed by atoms with E-state index in [0.717, 1.165) is 0 Å². The first-order valence-electron chi connectivity index (χ1n) is 10.3.